The van der Waals surface area contributed by atoms with E-state index in [-0.39, 0.29) is 11.9 Å². The molecule has 1 unspecified atom stereocenters. The molecule has 1 aromatic carbocycles. The Balaban J connectivity index is 2.42. The van der Waals surface area contributed by atoms with E-state index >= 15 is 0 Å². The first kappa shape index (κ1) is 14.2. The van der Waals surface area contributed by atoms with Crippen molar-refractivity contribution in [3.63, 3.8) is 0 Å². The fourth-order valence-corrected chi connectivity index (χ4v) is 3.28. The molecule has 0 radical (unpaired) electrons. The van der Waals surface area contributed by atoms with Gasteiger partial charge in [-0.2, -0.15) is 0 Å². The van der Waals surface area contributed by atoms with Gasteiger partial charge in [0.05, 0.1) is 0 Å². The van der Waals surface area contributed by atoms with Crippen molar-refractivity contribution in [3.8, 4) is 0 Å². The Labute approximate surface area is 118 Å². The van der Waals surface area contributed by atoms with Crippen LogP contribution in [0, 0.1) is 0 Å². The summed E-state index contributed by atoms with van der Waals surface area (Å²) in [5, 5.41) is 2.93. The van der Waals surface area contributed by atoms with Crippen molar-refractivity contribution in [1.29, 1.82) is 0 Å². The highest BCUT2D eigenvalue weighted by atomic mass is 32.2. The van der Waals surface area contributed by atoms with Gasteiger partial charge in [0.1, 0.15) is 6.04 Å². The molecule has 1 heterocycles. The van der Waals surface area contributed by atoms with Gasteiger partial charge < -0.3 is 16.0 Å². The average molecular weight is 279 g/mol. The summed E-state index contributed by atoms with van der Waals surface area (Å²) in [6, 6.07) is 6.11. The van der Waals surface area contributed by atoms with E-state index in [4.69, 9.17) is 5.73 Å². The van der Waals surface area contributed by atoms with Crippen LogP contribution in [0.2, 0.25) is 0 Å². The largest absolute Gasteiger partial charge is 0.357 e. The molecule has 104 valence electrons. The lowest BCUT2D eigenvalue weighted by atomic mass is 10.1. The lowest BCUT2D eigenvalue weighted by Crippen LogP contribution is -2.55. The van der Waals surface area contributed by atoms with Crippen molar-refractivity contribution >= 4 is 23.4 Å². The minimum absolute atomic E-state index is 0.0869. The van der Waals surface area contributed by atoms with Crippen LogP contribution in [0.5, 0.6) is 0 Å². The van der Waals surface area contributed by atoms with E-state index in [1.54, 1.807) is 11.8 Å². The van der Waals surface area contributed by atoms with Crippen molar-refractivity contribution in [2.24, 2.45) is 5.73 Å². The zero-order valence-electron chi connectivity index (χ0n) is 11.5. The molecule has 1 aromatic rings. The monoisotopic (exact) mass is 279 g/mol. The molecule has 19 heavy (non-hydrogen) atoms. The number of hydrogen-bond acceptors (Lipinski definition) is 4. The topological polar surface area (TPSA) is 58.4 Å². The van der Waals surface area contributed by atoms with Crippen molar-refractivity contribution in [2.75, 3.05) is 24.2 Å². The zero-order chi connectivity index (χ0) is 13.8. The molecular formula is C14H21N3OS. The third-order valence-corrected chi connectivity index (χ3v) is 4.38. The second-order valence-electron chi connectivity index (χ2n) is 4.57. The van der Waals surface area contributed by atoms with Gasteiger partial charge in [0, 0.05) is 35.8 Å². The van der Waals surface area contributed by atoms with Crippen LogP contribution >= 0.6 is 11.8 Å². The first-order valence-electron chi connectivity index (χ1n) is 6.63. The first-order chi connectivity index (χ1) is 9.22. The van der Waals surface area contributed by atoms with Crippen LogP contribution in [-0.2, 0) is 11.3 Å². The molecule has 0 saturated carbocycles. The minimum Gasteiger partial charge on any atom is -0.357 e. The number of anilines is 1. The number of thioether (sulfide) groups is 1. The summed E-state index contributed by atoms with van der Waals surface area (Å²) >= 11 is 1.70. The van der Waals surface area contributed by atoms with Gasteiger partial charge in [-0.25, -0.2) is 0 Å². The minimum atomic E-state index is -0.0869. The van der Waals surface area contributed by atoms with Gasteiger partial charge in [0.25, 0.3) is 0 Å². The van der Waals surface area contributed by atoms with Crippen LogP contribution < -0.4 is 16.0 Å². The van der Waals surface area contributed by atoms with E-state index in [9.17, 15) is 4.79 Å². The van der Waals surface area contributed by atoms with E-state index in [0.717, 1.165) is 24.2 Å². The summed E-state index contributed by atoms with van der Waals surface area (Å²) in [6.07, 6.45) is 2.86. The highest BCUT2D eigenvalue weighted by molar-refractivity contribution is 7.98. The van der Waals surface area contributed by atoms with Crippen molar-refractivity contribution in [3.05, 3.63) is 23.8 Å². The van der Waals surface area contributed by atoms with Crippen molar-refractivity contribution in [2.45, 2.75) is 30.8 Å². The predicted molar refractivity (Wildman–Crippen MR) is 80.5 cm³/mol. The average Bonchev–Trinajstić information content (AvgIpc) is 2.45. The molecular weight excluding hydrogens is 258 g/mol. The van der Waals surface area contributed by atoms with Gasteiger partial charge in [-0.05, 0) is 24.8 Å². The van der Waals surface area contributed by atoms with Crippen LogP contribution in [-0.4, -0.2) is 31.3 Å². The Hall–Kier alpha value is -1.20. The van der Waals surface area contributed by atoms with Crippen molar-refractivity contribution in [1.82, 2.24) is 5.32 Å². The summed E-state index contributed by atoms with van der Waals surface area (Å²) in [5.74, 6) is 0.117. The summed E-state index contributed by atoms with van der Waals surface area (Å²) < 4.78 is 0. The number of nitrogens with one attached hydrogen (secondary N) is 1. The lowest BCUT2D eigenvalue weighted by Gasteiger charge is -2.37. The van der Waals surface area contributed by atoms with Gasteiger partial charge in [0.15, 0.2) is 0 Å². The second-order valence-corrected chi connectivity index (χ2v) is 5.42. The number of rotatable bonds is 4. The van der Waals surface area contributed by atoms with Gasteiger partial charge in [0.2, 0.25) is 5.91 Å². The van der Waals surface area contributed by atoms with Crippen LogP contribution in [0.25, 0.3) is 0 Å². The molecule has 0 spiro atoms. The lowest BCUT2D eigenvalue weighted by molar-refractivity contribution is -0.123. The number of piperazine rings is 1. The maximum atomic E-state index is 12.0. The molecule has 1 amide bonds. The third kappa shape index (κ3) is 2.72. The quantitative estimate of drug-likeness (QED) is 0.822. The molecule has 2 rings (SSSR count). The molecule has 3 N–H and O–H groups in total. The Morgan fingerprint density at radius 2 is 2.32 bits per heavy atom. The fraction of sp³-hybridized carbons (Fsp3) is 0.500. The Morgan fingerprint density at radius 3 is 2.95 bits per heavy atom. The number of nitrogens with zero attached hydrogens (tertiary/aromatic N) is 1. The number of hydrogen-bond donors (Lipinski definition) is 2. The van der Waals surface area contributed by atoms with E-state index < -0.39 is 0 Å². The summed E-state index contributed by atoms with van der Waals surface area (Å²) in [7, 11) is 0. The normalized spacial score (nSPS) is 19.4. The smallest absolute Gasteiger partial charge is 0.242 e. The summed E-state index contributed by atoms with van der Waals surface area (Å²) in [5.41, 5.74) is 8.16. The molecule has 0 aromatic heterocycles. The fourth-order valence-electron chi connectivity index (χ4n) is 2.63. The molecule has 0 bridgehead atoms. The standard InChI is InChI=1S/C14H21N3OS/c1-3-11-14(18)16-7-8-17(11)12-5-4-6-13(19-2)10(12)9-15/h4-6,11H,3,7-9,15H2,1-2H3,(H,16,18). The summed E-state index contributed by atoms with van der Waals surface area (Å²) in [4.78, 5) is 15.4. The Kier molecular flexibility index (Phi) is 4.71. The van der Waals surface area contributed by atoms with E-state index in [1.165, 1.54) is 4.90 Å². The van der Waals surface area contributed by atoms with Gasteiger partial charge >= 0.3 is 0 Å². The highest BCUT2D eigenvalue weighted by Crippen LogP contribution is 2.31. The van der Waals surface area contributed by atoms with E-state index in [0.29, 0.717) is 13.1 Å². The van der Waals surface area contributed by atoms with Crippen LogP contribution in [0.3, 0.4) is 0 Å². The Morgan fingerprint density at radius 1 is 1.53 bits per heavy atom. The molecule has 4 nitrogen and oxygen atoms in total. The Bertz CT molecular complexity index is 464. The number of benzene rings is 1. The number of amides is 1. The molecule has 5 heteroatoms. The maximum Gasteiger partial charge on any atom is 0.242 e. The zero-order valence-corrected chi connectivity index (χ0v) is 12.3. The van der Waals surface area contributed by atoms with Crippen LogP contribution in [0.15, 0.2) is 23.1 Å². The van der Waals surface area contributed by atoms with Crippen LogP contribution in [0.1, 0.15) is 18.9 Å². The number of carbonyl (C=O) groups is 1. The highest BCUT2D eigenvalue weighted by Gasteiger charge is 2.29. The number of carbonyl (C=O) groups excluding carboxylic acids is 1. The first-order valence-corrected chi connectivity index (χ1v) is 7.85. The molecule has 1 saturated heterocycles. The predicted octanol–water partition coefficient (Wildman–Crippen LogP) is 1.58. The van der Waals surface area contributed by atoms with Gasteiger partial charge in [-0.15, -0.1) is 11.8 Å². The third-order valence-electron chi connectivity index (χ3n) is 3.56. The molecule has 1 aliphatic heterocycles. The molecule has 0 aliphatic carbocycles. The van der Waals surface area contributed by atoms with E-state index in [2.05, 4.69) is 28.6 Å². The molecule has 1 aliphatic rings. The molecule has 1 fully saturated rings. The van der Waals surface area contributed by atoms with Gasteiger partial charge in [-0.3, -0.25) is 4.79 Å². The molecule has 1 atom stereocenters. The van der Waals surface area contributed by atoms with Gasteiger partial charge in [-0.1, -0.05) is 13.0 Å². The van der Waals surface area contributed by atoms with Crippen molar-refractivity contribution < 1.29 is 4.79 Å². The number of nitrogens with two attached hydrogens (primary N) is 1. The van der Waals surface area contributed by atoms with Crippen LogP contribution in [0.4, 0.5) is 5.69 Å². The SMILES string of the molecule is CCC1C(=O)NCCN1c1cccc(SC)c1CN. The second kappa shape index (κ2) is 6.30. The maximum absolute atomic E-state index is 12.0. The summed E-state index contributed by atoms with van der Waals surface area (Å²) in [6.45, 7) is 4.09. The van der Waals surface area contributed by atoms with E-state index in [1.807, 2.05) is 13.0 Å².